The summed E-state index contributed by atoms with van der Waals surface area (Å²) in [4.78, 5) is 12.9. The molecule has 0 fully saturated rings. The van der Waals surface area contributed by atoms with Gasteiger partial charge in [-0.2, -0.15) is 5.10 Å². The summed E-state index contributed by atoms with van der Waals surface area (Å²) >= 11 is 6.47. The molecular weight excluding hydrogens is 469 g/mol. The summed E-state index contributed by atoms with van der Waals surface area (Å²) in [6.07, 6.45) is 5.84. The van der Waals surface area contributed by atoms with Gasteiger partial charge in [0.1, 0.15) is 17.1 Å². The fraction of sp³-hybridized carbons (Fsp3) is 0.160. The molecule has 0 aliphatic carbocycles. The first kappa shape index (κ1) is 24.2. The van der Waals surface area contributed by atoms with Crippen molar-refractivity contribution in [1.82, 2.24) is 15.0 Å². The van der Waals surface area contributed by atoms with Gasteiger partial charge in [-0.15, -0.1) is 0 Å². The minimum atomic E-state index is -1.14. The molecule has 178 valence electrons. The van der Waals surface area contributed by atoms with Crippen LogP contribution in [0.2, 0.25) is 5.02 Å². The molecule has 4 aromatic rings. The number of pyridine rings is 1. The van der Waals surface area contributed by atoms with Gasteiger partial charge in [-0.25, -0.2) is 14.4 Å². The van der Waals surface area contributed by atoms with Crippen LogP contribution in [0.1, 0.15) is 30.8 Å². The summed E-state index contributed by atoms with van der Waals surface area (Å²) in [7, 11) is 0. The van der Waals surface area contributed by atoms with Crippen molar-refractivity contribution < 1.29 is 9.50 Å². The molecule has 0 saturated heterocycles. The number of hydrazone groups is 1. The summed E-state index contributed by atoms with van der Waals surface area (Å²) in [6.45, 7) is 3.37. The molecule has 35 heavy (non-hydrogen) atoms. The highest BCUT2D eigenvalue weighted by atomic mass is 35.5. The molecule has 0 atom stereocenters. The molecule has 0 spiro atoms. The van der Waals surface area contributed by atoms with Crippen molar-refractivity contribution in [2.75, 3.05) is 5.32 Å². The molecule has 10 heteroatoms. The largest absolute Gasteiger partial charge is 0.382 e. The van der Waals surface area contributed by atoms with Crippen molar-refractivity contribution in [1.29, 1.82) is 5.41 Å². The van der Waals surface area contributed by atoms with Gasteiger partial charge in [-0.1, -0.05) is 17.7 Å². The van der Waals surface area contributed by atoms with Crippen LogP contribution in [-0.4, -0.2) is 32.0 Å². The maximum Gasteiger partial charge on any atom is 0.159 e. The molecule has 0 amide bonds. The highest BCUT2D eigenvalue weighted by molar-refractivity contribution is 6.37. The van der Waals surface area contributed by atoms with Gasteiger partial charge >= 0.3 is 0 Å². The SMILES string of the molecule is CC(C)(O)c1ncc(-c2ccc3ncc(Cl)c(NCc4cc(C(C=N)=NN)ccc4F)c3c2)cn1. The van der Waals surface area contributed by atoms with E-state index < -0.39 is 11.4 Å². The van der Waals surface area contributed by atoms with E-state index in [4.69, 9.17) is 22.9 Å². The molecule has 0 radical (unpaired) electrons. The molecule has 5 N–H and O–H groups in total. The standard InChI is InChI=1S/C25H23ClFN7O/c1-25(2,35)24-32-11-17(12-33-24)14-4-6-21-18(8-14)23(19(26)13-30-21)31-10-16-7-15(3-5-20(16)27)22(9-28)34-29/h3-9,11-13,28,35H,10,29H2,1-2H3,(H,30,31). The number of hydrogen-bond acceptors (Lipinski definition) is 8. The summed E-state index contributed by atoms with van der Waals surface area (Å²) in [6, 6.07) is 10.1. The third-order valence-corrected chi connectivity index (χ3v) is 5.71. The fourth-order valence-corrected chi connectivity index (χ4v) is 3.79. The minimum absolute atomic E-state index is 0.127. The number of benzene rings is 2. The van der Waals surface area contributed by atoms with Crippen LogP contribution in [0, 0.1) is 11.2 Å². The third kappa shape index (κ3) is 5.11. The molecule has 0 aliphatic heterocycles. The second-order valence-electron chi connectivity index (χ2n) is 8.39. The van der Waals surface area contributed by atoms with Gasteiger partial charge in [0.25, 0.3) is 0 Å². The molecule has 2 heterocycles. The Balaban J connectivity index is 1.69. The number of fused-ring (bicyclic) bond motifs is 1. The lowest BCUT2D eigenvalue weighted by molar-refractivity contribution is 0.0687. The first-order chi connectivity index (χ1) is 16.7. The summed E-state index contributed by atoms with van der Waals surface area (Å²) < 4.78 is 14.5. The Hall–Kier alpha value is -3.95. The van der Waals surface area contributed by atoms with Gasteiger partial charge in [-0.05, 0) is 49.7 Å². The van der Waals surface area contributed by atoms with Crippen LogP contribution in [-0.2, 0) is 12.1 Å². The summed E-state index contributed by atoms with van der Waals surface area (Å²) in [5.41, 5.74) is 2.86. The number of nitrogens with one attached hydrogen (secondary N) is 2. The summed E-state index contributed by atoms with van der Waals surface area (Å²) in [5, 5.41) is 25.4. The Morgan fingerprint density at radius 1 is 1.14 bits per heavy atom. The highest BCUT2D eigenvalue weighted by Crippen LogP contribution is 2.33. The molecule has 8 nitrogen and oxygen atoms in total. The topological polar surface area (TPSA) is 133 Å². The van der Waals surface area contributed by atoms with Crippen molar-refractivity contribution in [2.45, 2.75) is 26.0 Å². The van der Waals surface area contributed by atoms with Gasteiger partial charge < -0.3 is 21.7 Å². The van der Waals surface area contributed by atoms with Gasteiger partial charge in [-0.3, -0.25) is 4.98 Å². The van der Waals surface area contributed by atoms with Crippen LogP contribution in [0.4, 0.5) is 10.1 Å². The Morgan fingerprint density at radius 3 is 2.54 bits per heavy atom. The molecule has 0 aliphatic rings. The first-order valence-electron chi connectivity index (χ1n) is 10.7. The zero-order valence-electron chi connectivity index (χ0n) is 19.0. The zero-order valence-corrected chi connectivity index (χ0v) is 19.8. The number of aromatic nitrogens is 3. The molecule has 0 unspecified atom stereocenters. The Bertz CT molecular complexity index is 1430. The fourth-order valence-electron chi connectivity index (χ4n) is 3.57. The van der Waals surface area contributed by atoms with Crippen LogP contribution in [0.3, 0.4) is 0 Å². The minimum Gasteiger partial charge on any atom is -0.382 e. The average Bonchev–Trinajstić information content (AvgIpc) is 2.85. The van der Waals surface area contributed by atoms with E-state index in [1.54, 1.807) is 32.3 Å². The molecule has 4 rings (SSSR count). The van der Waals surface area contributed by atoms with Crippen LogP contribution >= 0.6 is 11.6 Å². The van der Waals surface area contributed by atoms with Crippen molar-refractivity contribution in [3.63, 3.8) is 0 Å². The van der Waals surface area contributed by atoms with Crippen molar-refractivity contribution in [3.8, 4) is 11.1 Å². The van der Waals surface area contributed by atoms with E-state index in [1.165, 1.54) is 18.3 Å². The van der Waals surface area contributed by atoms with Crippen LogP contribution in [0.25, 0.3) is 22.0 Å². The Morgan fingerprint density at radius 2 is 1.89 bits per heavy atom. The van der Waals surface area contributed by atoms with Gasteiger partial charge in [0.05, 0.1) is 16.2 Å². The highest BCUT2D eigenvalue weighted by Gasteiger charge is 2.19. The van der Waals surface area contributed by atoms with Crippen LogP contribution in [0.15, 0.2) is 60.1 Å². The van der Waals surface area contributed by atoms with Crippen molar-refractivity contribution in [2.24, 2.45) is 10.9 Å². The molecule has 0 bridgehead atoms. The van der Waals surface area contributed by atoms with E-state index in [9.17, 15) is 9.50 Å². The smallest absolute Gasteiger partial charge is 0.159 e. The number of aliphatic hydroxyl groups is 1. The molecule has 0 saturated carbocycles. The lowest BCUT2D eigenvalue weighted by atomic mass is 10.0. The predicted molar refractivity (Wildman–Crippen MR) is 136 cm³/mol. The number of nitrogens with two attached hydrogens (primary N) is 1. The normalized spacial score (nSPS) is 12.1. The zero-order chi connectivity index (χ0) is 25.2. The molecule has 2 aromatic carbocycles. The number of anilines is 1. The van der Waals surface area contributed by atoms with Gasteiger partial charge in [0, 0.05) is 53.4 Å². The van der Waals surface area contributed by atoms with E-state index >= 15 is 0 Å². The number of nitrogens with zero attached hydrogens (tertiary/aromatic N) is 4. The quantitative estimate of drug-likeness (QED) is 0.169. The summed E-state index contributed by atoms with van der Waals surface area (Å²) in [5.74, 6) is 5.23. The van der Waals surface area contributed by atoms with Crippen molar-refractivity contribution in [3.05, 3.63) is 82.8 Å². The predicted octanol–water partition coefficient (Wildman–Crippen LogP) is 4.64. The first-order valence-corrected chi connectivity index (χ1v) is 11.0. The number of halogens is 2. The van der Waals surface area contributed by atoms with Crippen LogP contribution < -0.4 is 11.2 Å². The van der Waals surface area contributed by atoms with E-state index in [-0.39, 0.29) is 12.3 Å². The van der Waals surface area contributed by atoms with E-state index in [1.807, 2.05) is 18.2 Å². The number of rotatable bonds is 7. The van der Waals surface area contributed by atoms with E-state index in [0.29, 0.717) is 33.2 Å². The van der Waals surface area contributed by atoms with E-state index in [0.717, 1.165) is 22.7 Å². The second-order valence-corrected chi connectivity index (χ2v) is 8.79. The lowest BCUT2D eigenvalue weighted by Gasteiger charge is -2.15. The lowest BCUT2D eigenvalue weighted by Crippen LogP contribution is -2.19. The second kappa shape index (κ2) is 9.73. The maximum absolute atomic E-state index is 14.5. The third-order valence-electron chi connectivity index (χ3n) is 5.43. The Labute approximate surface area is 206 Å². The number of hydrogen-bond donors (Lipinski definition) is 4. The van der Waals surface area contributed by atoms with Crippen molar-refractivity contribution >= 4 is 40.1 Å². The van der Waals surface area contributed by atoms with Gasteiger partial charge in [0.2, 0.25) is 0 Å². The monoisotopic (exact) mass is 491 g/mol. The van der Waals surface area contributed by atoms with E-state index in [2.05, 4.69) is 25.4 Å². The Kier molecular flexibility index (Phi) is 6.72. The van der Waals surface area contributed by atoms with Crippen LogP contribution in [0.5, 0.6) is 0 Å². The maximum atomic E-state index is 14.5. The average molecular weight is 492 g/mol. The molecular formula is C25H23ClFN7O. The van der Waals surface area contributed by atoms with Gasteiger partial charge in [0.15, 0.2) is 5.82 Å². The molecule has 2 aromatic heterocycles.